The molecular formula is C22H28N2O7S. The van der Waals surface area contributed by atoms with E-state index < -0.39 is 33.9 Å². The highest BCUT2D eigenvalue weighted by molar-refractivity contribution is 7.92. The van der Waals surface area contributed by atoms with Gasteiger partial charge in [0.25, 0.3) is 0 Å². The number of benzene rings is 2. The fraction of sp³-hybridized carbons (Fsp3) is 0.409. The molecule has 0 radical (unpaired) electrons. The van der Waals surface area contributed by atoms with E-state index >= 15 is 0 Å². The van der Waals surface area contributed by atoms with Gasteiger partial charge >= 0.3 is 6.09 Å². The number of rotatable bonds is 7. The molecule has 9 nitrogen and oxygen atoms in total. The van der Waals surface area contributed by atoms with Gasteiger partial charge in [-0.15, -0.1) is 0 Å². The Labute approximate surface area is 187 Å². The number of aliphatic hydroxyl groups excluding tert-OH is 1. The van der Waals surface area contributed by atoms with E-state index in [1.165, 1.54) is 19.2 Å². The molecule has 2 aromatic carbocycles. The van der Waals surface area contributed by atoms with Crippen LogP contribution >= 0.6 is 0 Å². The molecule has 10 heteroatoms. The first kappa shape index (κ1) is 23.7. The highest BCUT2D eigenvalue weighted by Crippen LogP contribution is 2.46. The number of methoxy groups -OCH3 is 1. The number of hydrogen-bond donors (Lipinski definition) is 3. The maximum absolute atomic E-state index is 12.5. The molecule has 2 aromatic rings. The van der Waals surface area contributed by atoms with Crippen LogP contribution in [0.1, 0.15) is 31.1 Å². The third-order valence-corrected chi connectivity index (χ3v) is 5.66. The Bertz CT molecular complexity index is 1070. The average Bonchev–Trinajstić information content (AvgIpc) is 2.70. The van der Waals surface area contributed by atoms with Crippen molar-refractivity contribution in [1.82, 2.24) is 5.32 Å². The molecule has 0 aromatic heterocycles. The fourth-order valence-electron chi connectivity index (χ4n) is 3.45. The predicted octanol–water partition coefficient (Wildman–Crippen LogP) is 2.61. The van der Waals surface area contributed by atoms with Crippen LogP contribution in [-0.4, -0.2) is 51.2 Å². The molecule has 0 spiro atoms. The molecule has 3 N–H and O–H groups in total. The van der Waals surface area contributed by atoms with Gasteiger partial charge in [-0.3, -0.25) is 4.72 Å². The summed E-state index contributed by atoms with van der Waals surface area (Å²) in [5, 5.41) is 13.5. The Hall–Kier alpha value is -2.98. The van der Waals surface area contributed by atoms with Crippen LogP contribution in [0.2, 0.25) is 0 Å². The lowest BCUT2D eigenvalue weighted by Crippen LogP contribution is -2.50. The lowest BCUT2D eigenvalue weighted by Gasteiger charge is -2.41. The summed E-state index contributed by atoms with van der Waals surface area (Å²) in [5.41, 5.74) is 0.512. The number of sulfonamides is 1. The van der Waals surface area contributed by atoms with Crippen LogP contribution in [0.3, 0.4) is 0 Å². The van der Waals surface area contributed by atoms with E-state index in [9.17, 15) is 18.3 Å². The summed E-state index contributed by atoms with van der Waals surface area (Å²) in [7, 11) is -2.19. The topological polar surface area (TPSA) is 123 Å². The minimum atomic E-state index is -3.57. The number of anilines is 1. The maximum Gasteiger partial charge on any atom is 0.407 e. The number of nitrogens with one attached hydrogen (secondary N) is 2. The average molecular weight is 465 g/mol. The molecule has 0 saturated heterocycles. The van der Waals surface area contributed by atoms with Gasteiger partial charge in [0.1, 0.15) is 23.2 Å². The molecule has 0 unspecified atom stereocenters. The summed E-state index contributed by atoms with van der Waals surface area (Å²) < 4.78 is 42.5. The quantitative estimate of drug-likeness (QED) is 0.575. The molecule has 0 fully saturated rings. The van der Waals surface area contributed by atoms with E-state index in [2.05, 4.69) is 10.0 Å². The van der Waals surface area contributed by atoms with Gasteiger partial charge in [-0.05, 0) is 31.9 Å². The fourth-order valence-corrected chi connectivity index (χ4v) is 4.01. The van der Waals surface area contributed by atoms with Crippen LogP contribution in [0.4, 0.5) is 10.5 Å². The van der Waals surface area contributed by atoms with Crippen molar-refractivity contribution in [3.8, 4) is 11.5 Å². The van der Waals surface area contributed by atoms with E-state index in [1.807, 2.05) is 30.3 Å². The van der Waals surface area contributed by atoms with Crippen molar-refractivity contribution in [1.29, 1.82) is 0 Å². The highest BCUT2D eigenvalue weighted by atomic mass is 32.2. The molecule has 0 saturated carbocycles. The molecule has 1 amide bonds. The van der Waals surface area contributed by atoms with Crippen molar-refractivity contribution in [2.75, 3.05) is 24.6 Å². The van der Waals surface area contributed by atoms with Crippen LogP contribution in [0.5, 0.6) is 11.5 Å². The minimum Gasteiger partial charge on any atom is -0.495 e. The van der Waals surface area contributed by atoms with Gasteiger partial charge in [-0.1, -0.05) is 30.3 Å². The lowest BCUT2D eigenvalue weighted by atomic mass is 9.88. The first-order chi connectivity index (χ1) is 15.0. The molecular weight excluding hydrogens is 436 g/mol. The van der Waals surface area contributed by atoms with E-state index in [-0.39, 0.29) is 17.2 Å². The van der Waals surface area contributed by atoms with Gasteiger partial charge in [0.05, 0.1) is 19.1 Å². The van der Waals surface area contributed by atoms with E-state index in [1.54, 1.807) is 13.8 Å². The Morgan fingerprint density at radius 1 is 1.22 bits per heavy atom. The molecule has 0 aliphatic carbocycles. The number of carbonyl (C=O) groups excluding carboxylic acids is 1. The number of hydrogen-bond acceptors (Lipinski definition) is 7. The zero-order valence-corrected chi connectivity index (χ0v) is 19.2. The van der Waals surface area contributed by atoms with Crippen molar-refractivity contribution in [2.45, 2.75) is 38.1 Å². The summed E-state index contributed by atoms with van der Waals surface area (Å²) in [6, 6.07) is 12.6. The van der Waals surface area contributed by atoms with Crippen molar-refractivity contribution in [3.63, 3.8) is 0 Å². The second-order valence-corrected chi connectivity index (χ2v) is 9.85. The SMILES string of the molecule is COc1cc2c(cc1NS(C)(=O)=O)OC(C)(C)[C@H](O)[C@H]2OC(=O)NCCc1ccccc1. The maximum atomic E-state index is 12.5. The molecule has 1 aliphatic heterocycles. The first-order valence-corrected chi connectivity index (χ1v) is 11.9. The van der Waals surface area contributed by atoms with Crippen LogP contribution in [0.15, 0.2) is 42.5 Å². The van der Waals surface area contributed by atoms with E-state index in [0.717, 1.165) is 11.8 Å². The number of fused-ring (bicyclic) bond motifs is 1. The van der Waals surface area contributed by atoms with Crippen LogP contribution < -0.4 is 19.5 Å². The summed E-state index contributed by atoms with van der Waals surface area (Å²) in [5.74, 6) is 0.470. The van der Waals surface area contributed by atoms with Gasteiger partial charge in [0.2, 0.25) is 10.0 Å². The molecule has 3 rings (SSSR count). The highest BCUT2D eigenvalue weighted by Gasteiger charge is 2.45. The second kappa shape index (κ2) is 9.25. The van der Waals surface area contributed by atoms with Crippen LogP contribution in [0.25, 0.3) is 0 Å². The summed E-state index contributed by atoms with van der Waals surface area (Å²) in [6.07, 6.45) is -1.26. The smallest absolute Gasteiger partial charge is 0.407 e. The van der Waals surface area contributed by atoms with Crippen LogP contribution in [0, 0.1) is 0 Å². The standard InChI is InChI=1S/C22H28N2O7S/c1-22(2)20(25)19(30-21(26)23-11-10-14-8-6-5-7-9-14)15-12-18(29-3)16(13-17(15)31-22)24-32(4,27)28/h5-9,12-13,19-20,24-25H,10-11H2,1-4H3,(H,23,26)/t19-,20+/m0/s1. The summed E-state index contributed by atoms with van der Waals surface area (Å²) in [6.45, 7) is 3.66. The normalized spacial score (nSPS) is 19.3. The first-order valence-electron chi connectivity index (χ1n) is 10.1. The van der Waals surface area contributed by atoms with E-state index in [4.69, 9.17) is 14.2 Å². The number of carbonyl (C=O) groups is 1. The second-order valence-electron chi connectivity index (χ2n) is 8.10. The summed E-state index contributed by atoms with van der Waals surface area (Å²) in [4.78, 5) is 12.5. The van der Waals surface area contributed by atoms with Crippen molar-refractivity contribution in [2.24, 2.45) is 0 Å². The molecule has 1 aliphatic rings. The van der Waals surface area contributed by atoms with Crippen molar-refractivity contribution in [3.05, 3.63) is 53.6 Å². The van der Waals surface area contributed by atoms with Crippen molar-refractivity contribution >= 4 is 21.8 Å². The zero-order chi connectivity index (χ0) is 23.5. The number of ether oxygens (including phenoxy) is 3. The third kappa shape index (κ3) is 5.63. The Morgan fingerprint density at radius 3 is 2.53 bits per heavy atom. The number of alkyl carbamates (subject to hydrolysis) is 1. The van der Waals surface area contributed by atoms with Gasteiger partial charge < -0.3 is 24.6 Å². The number of aliphatic hydroxyl groups is 1. The van der Waals surface area contributed by atoms with Crippen LogP contribution in [-0.2, 0) is 21.2 Å². The van der Waals surface area contributed by atoms with Gasteiger partial charge in [-0.2, -0.15) is 0 Å². The van der Waals surface area contributed by atoms with Gasteiger partial charge in [-0.25, -0.2) is 13.2 Å². The molecule has 0 bridgehead atoms. The van der Waals surface area contributed by atoms with Crippen molar-refractivity contribution < 1.29 is 32.5 Å². The Balaban J connectivity index is 1.82. The zero-order valence-electron chi connectivity index (χ0n) is 18.4. The number of amides is 1. The minimum absolute atomic E-state index is 0.173. The molecule has 174 valence electrons. The van der Waals surface area contributed by atoms with E-state index in [0.29, 0.717) is 18.5 Å². The monoisotopic (exact) mass is 464 g/mol. The Morgan fingerprint density at radius 2 is 1.91 bits per heavy atom. The van der Waals surface area contributed by atoms with Gasteiger partial charge in [0, 0.05) is 18.2 Å². The summed E-state index contributed by atoms with van der Waals surface area (Å²) >= 11 is 0. The third-order valence-electron chi connectivity index (χ3n) is 5.07. The molecule has 1 heterocycles. The molecule has 32 heavy (non-hydrogen) atoms. The largest absolute Gasteiger partial charge is 0.495 e. The Kier molecular flexibility index (Phi) is 6.85. The molecule has 2 atom stereocenters. The van der Waals surface area contributed by atoms with Gasteiger partial charge in [0.15, 0.2) is 6.10 Å². The lowest BCUT2D eigenvalue weighted by molar-refractivity contribution is -0.113. The predicted molar refractivity (Wildman–Crippen MR) is 120 cm³/mol.